The summed E-state index contributed by atoms with van der Waals surface area (Å²) < 4.78 is 5.93. The number of hydrogen-bond donors (Lipinski definition) is 1. The molecule has 3 rings (SSSR count). The summed E-state index contributed by atoms with van der Waals surface area (Å²) in [6, 6.07) is 14.9. The fourth-order valence-corrected chi connectivity index (χ4v) is 3.04. The van der Waals surface area contributed by atoms with Crippen molar-refractivity contribution in [3.63, 3.8) is 0 Å². The van der Waals surface area contributed by atoms with Crippen molar-refractivity contribution in [3.05, 3.63) is 64.7 Å². The van der Waals surface area contributed by atoms with E-state index in [-0.39, 0.29) is 0 Å². The van der Waals surface area contributed by atoms with Crippen molar-refractivity contribution in [1.29, 1.82) is 0 Å². The van der Waals surface area contributed by atoms with E-state index >= 15 is 0 Å². The van der Waals surface area contributed by atoms with Gasteiger partial charge in [-0.1, -0.05) is 49.4 Å². The second kappa shape index (κ2) is 5.53. The Morgan fingerprint density at radius 1 is 1.14 bits per heavy atom. The Hall–Kier alpha value is -1.80. The molecule has 1 aliphatic heterocycles. The molecule has 0 amide bonds. The molecule has 2 nitrogen and oxygen atoms in total. The van der Waals surface area contributed by atoms with Gasteiger partial charge in [0.2, 0.25) is 0 Å². The molecule has 2 aromatic carbocycles. The Morgan fingerprint density at radius 3 is 2.62 bits per heavy atom. The number of benzene rings is 2. The van der Waals surface area contributed by atoms with Crippen molar-refractivity contribution in [2.24, 2.45) is 5.73 Å². The smallest absolute Gasteiger partial charge is 0.127 e. The zero-order valence-corrected chi connectivity index (χ0v) is 12.9. The summed E-state index contributed by atoms with van der Waals surface area (Å²) >= 11 is 0. The molecule has 0 fully saturated rings. The first kappa shape index (κ1) is 14.2. The average molecular weight is 281 g/mol. The van der Waals surface area contributed by atoms with Gasteiger partial charge in [0, 0.05) is 5.56 Å². The van der Waals surface area contributed by atoms with E-state index in [0.29, 0.717) is 0 Å². The van der Waals surface area contributed by atoms with Crippen molar-refractivity contribution in [3.8, 4) is 5.75 Å². The number of para-hydroxylation sites is 1. The Morgan fingerprint density at radius 2 is 1.90 bits per heavy atom. The van der Waals surface area contributed by atoms with Gasteiger partial charge in [-0.15, -0.1) is 0 Å². The molecule has 2 aromatic rings. The number of nitrogens with two attached hydrogens (primary N) is 1. The molecule has 110 valence electrons. The zero-order chi connectivity index (χ0) is 14.9. The Kier molecular flexibility index (Phi) is 3.73. The van der Waals surface area contributed by atoms with Crippen LogP contribution in [0, 0.1) is 0 Å². The van der Waals surface area contributed by atoms with Crippen LogP contribution in [0.2, 0.25) is 0 Å². The molecular weight excluding hydrogens is 258 g/mol. The molecule has 0 saturated heterocycles. The molecule has 21 heavy (non-hydrogen) atoms. The fraction of sp³-hybridized carbons (Fsp3) is 0.368. The maximum Gasteiger partial charge on any atom is 0.127 e. The van der Waals surface area contributed by atoms with Gasteiger partial charge < -0.3 is 10.5 Å². The van der Waals surface area contributed by atoms with E-state index in [4.69, 9.17) is 10.5 Å². The maximum atomic E-state index is 6.69. The standard InChI is InChI=1S/C19H23NO/c1-3-14-9-11-16(12-10-14)19(2,20)17-8-4-6-15-7-5-13-21-18(15)17/h4,6,8-12H,3,5,7,13,20H2,1-2H3. The Labute approximate surface area is 126 Å². The number of aryl methyl sites for hydroxylation is 2. The van der Waals surface area contributed by atoms with Crippen LogP contribution < -0.4 is 10.5 Å². The lowest BCUT2D eigenvalue weighted by atomic mass is 9.83. The minimum absolute atomic E-state index is 0.533. The van der Waals surface area contributed by atoms with Gasteiger partial charge in [-0.2, -0.15) is 0 Å². The van der Waals surface area contributed by atoms with Crippen LogP contribution in [0.3, 0.4) is 0 Å². The van der Waals surface area contributed by atoms with E-state index in [2.05, 4.69) is 56.3 Å². The molecule has 2 heteroatoms. The van der Waals surface area contributed by atoms with Crippen LogP contribution in [0.4, 0.5) is 0 Å². The highest BCUT2D eigenvalue weighted by Gasteiger charge is 2.29. The molecule has 2 N–H and O–H groups in total. The summed E-state index contributed by atoms with van der Waals surface area (Å²) in [4.78, 5) is 0. The van der Waals surface area contributed by atoms with Crippen LogP contribution in [0.5, 0.6) is 5.75 Å². The maximum absolute atomic E-state index is 6.69. The van der Waals surface area contributed by atoms with E-state index in [1.165, 1.54) is 11.1 Å². The molecule has 1 heterocycles. The van der Waals surface area contributed by atoms with Crippen molar-refractivity contribution in [2.45, 2.75) is 38.6 Å². The minimum atomic E-state index is -0.533. The van der Waals surface area contributed by atoms with Gasteiger partial charge in [0.05, 0.1) is 12.1 Å². The van der Waals surface area contributed by atoms with Crippen molar-refractivity contribution >= 4 is 0 Å². The third kappa shape index (κ3) is 2.56. The normalized spacial score (nSPS) is 16.7. The first-order valence-electron chi connectivity index (χ1n) is 7.76. The summed E-state index contributed by atoms with van der Waals surface area (Å²) in [5, 5.41) is 0. The predicted octanol–water partition coefficient (Wildman–Crippen LogP) is 3.80. The van der Waals surface area contributed by atoms with E-state index < -0.39 is 5.54 Å². The summed E-state index contributed by atoms with van der Waals surface area (Å²) in [5.74, 6) is 0.994. The molecule has 1 unspecified atom stereocenters. The number of ether oxygens (including phenoxy) is 1. The number of hydrogen-bond acceptors (Lipinski definition) is 2. The van der Waals surface area contributed by atoms with E-state index in [9.17, 15) is 0 Å². The summed E-state index contributed by atoms with van der Waals surface area (Å²) in [7, 11) is 0. The van der Waals surface area contributed by atoms with Gasteiger partial charge in [-0.05, 0) is 42.9 Å². The van der Waals surface area contributed by atoms with Crippen LogP contribution in [0.1, 0.15) is 42.5 Å². The lowest BCUT2D eigenvalue weighted by Gasteiger charge is -2.31. The Bertz CT molecular complexity index is 629. The van der Waals surface area contributed by atoms with E-state index in [1.807, 2.05) is 0 Å². The zero-order valence-electron chi connectivity index (χ0n) is 12.9. The van der Waals surface area contributed by atoms with Crippen LogP contribution in [-0.2, 0) is 18.4 Å². The van der Waals surface area contributed by atoms with E-state index in [1.54, 1.807) is 0 Å². The highest BCUT2D eigenvalue weighted by atomic mass is 16.5. The van der Waals surface area contributed by atoms with Crippen LogP contribution >= 0.6 is 0 Å². The minimum Gasteiger partial charge on any atom is -0.493 e. The highest BCUT2D eigenvalue weighted by Crippen LogP contribution is 2.37. The van der Waals surface area contributed by atoms with Gasteiger partial charge in [-0.25, -0.2) is 0 Å². The van der Waals surface area contributed by atoms with Crippen LogP contribution in [0.25, 0.3) is 0 Å². The monoisotopic (exact) mass is 281 g/mol. The second-order valence-corrected chi connectivity index (χ2v) is 6.00. The fourth-order valence-electron chi connectivity index (χ4n) is 3.04. The number of fused-ring (bicyclic) bond motifs is 1. The molecular formula is C19H23NO. The largest absolute Gasteiger partial charge is 0.493 e. The summed E-state index contributed by atoms with van der Waals surface area (Å²) in [6.07, 6.45) is 3.21. The number of rotatable bonds is 3. The first-order valence-corrected chi connectivity index (χ1v) is 7.76. The van der Waals surface area contributed by atoms with Crippen LogP contribution in [-0.4, -0.2) is 6.61 Å². The van der Waals surface area contributed by atoms with Gasteiger partial charge >= 0.3 is 0 Å². The molecule has 1 aliphatic rings. The van der Waals surface area contributed by atoms with Gasteiger partial charge in [-0.3, -0.25) is 0 Å². The van der Waals surface area contributed by atoms with Gasteiger partial charge in [0.15, 0.2) is 0 Å². The molecule has 0 aromatic heterocycles. The molecule has 0 bridgehead atoms. The van der Waals surface area contributed by atoms with Crippen molar-refractivity contribution in [1.82, 2.24) is 0 Å². The lowest BCUT2D eigenvalue weighted by Crippen LogP contribution is -2.35. The average Bonchev–Trinajstić information content (AvgIpc) is 2.54. The Balaban J connectivity index is 2.04. The molecule has 1 atom stereocenters. The molecule has 0 aliphatic carbocycles. The predicted molar refractivity (Wildman–Crippen MR) is 86.7 cm³/mol. The molecule has 0 saturated carbocycles. The quantitative estimate of drug-likeness (QED) is 0.929. The first-order chi connectivity index (χ1) is 10.1. The van der Waals surface area contributed by atoms with Crippen molar-refractivity contribution < 1.29 is 4.74 Å². The van der Waals surface area contributed by atoms with Crippen LogP contribution in [0.15, 0.2) is 42.5 Å². The van der Waals surface area contributed by atoms with Crippen molar-refractivity contribution in [2.75, 3.05) is 6.61 Å². The van der Waals surface area contributed by atoms with Gasteiger partial charge in [0.1, 0.15) is 5.75 Å². The topological polar surface area (TPSA) is 35.2 Å². The summed E-state index contributed by atoms with van der Waals surface area (Å²) in [5.41, 5.74) is 11.0. The third-order valence-corrected chi connectivity index (χ3v) is 4.45. The highest BCUT2D eigenvalue weighted by molar-refractivity contribution is 5.50. The lowest BCUT2D eigenvalue weighted by molar-refractivity contribution is 0.280. The second-order valence-electron chi connectivity index (χ2n) is 6.00. The molecule has 0 radical (unpaired) electrons. The molecule has 0 spiro atoms. The third-order valence-electron chi connectivity index (χ3n) is 4.45. The SMILES string of the molecule is CCc1ccc(C(C)(N)c2cccc3c2OCCC3)cc1. The summed E-state index contributed by atoms with van der Waals surface area (Å²) in [6.45, 7) is 5.02. The van der Waals surface area contributed by atoms with E-state index in [0.717, 1.165) is 42.7 Å². The van der Waals surface area contributed by atoms with Gasteiger partial charge in [0.25, 0.3) is 0 Å².